The van der Waals surface area contributed by atoms with Crippen LogP contribution in [0.2, 0.25) is 0 Å². The predicted molar refractivity (Wildman–Crippen MR) is 73.8 cm³/mol. The second kappa shape index (κ2) is 5.01. The lowest BCUT2D eigenvalue weighted by molar-refractivity contribution is 0.584. The van der Waals surface area contributed by atoms with E-state index in [9.17, 15) is 4.39 Å². The zero-order valence-corrected chi connectivity index (χ0v) is 10.9. The van der Waals surface area contributed by atoms with Crippen LogP contribution in [0, 0.1) is 12.7 Å². The van der Waals surface area contributed by atoms with E-state index in [0.717, 1.165) is 43.3 Å². The maximum absolute atomic E-state index is 13.8. The minimum atomic E-state index is -0.221. The molecule has 4 nitrogen and oxygen atoms in total. The fourth-order valence-electron chi connectivity index (χ4n) is 2.50. The summed E-state index contributed by atoms with van der Waals surface area (Å²) in [6.07, 6.45) is 0. The Bertz CT molecular complexity index is 573. The van der Waals surface area contributed by atoms with Crippen molar-refractivity contribution in [3.05, 3.63) is 35.6 Å². The van der Waals surface area contributed by atoms with Gasteiger partial charge in [-0.15, -0.1) is 0 Å². The Hall–Kier alpha value is -1.88. The van der Waals surface area contributed by atoms with Crippen molar-refractivity contribution in [3.63, 3.8) is 0 Å². The van der Waals surface area contributed by atoms with Gasteiger partial charge in [-0.2, -0.15) is 5.10 Å². The number of anilines is 1. The molecule has 0 amide bonds. The van der Waals surface area contributed by atoms with E-state index >= 15 is 0 Å². The molecule has 0 unspecified atom stereocenters. The van der Waals surface area contributed by atoms with E-state index in [1.54, 1.807) is 12.1 Å². The van der Waals surface area contributed by atoms with Crippen LogP contribution in [-0.4, -0.2) is 36.4 Å². The lowest BCUT2D eigenvalue weighted by Crippen LogP contribution is -2.43. The number of benzene rings is 1. The zero-order valence-electron chi connectivity index (χ0n) is 10.9. The van der Waals surface area contributed by atoms with Gasteiger partial charge in [-0.3, -0.25) is 5.10 Å². The third-order valence-corrected chi connectivity index (χ3v) is 3.54. The van der Waals surface area contributed by atoms with Crippen LogP contribution < -0.4 is 10.2 Å². The summed E-state index contributed by atoms with van der Waals surface area (Å²) in [5.74, 6) is 0.709. The fraction of sp³-hybridized carbons (Fsp3) is 0.357. The first-order valence-corrected chi connectivity index (χ1v) is 6.53. The Morgan fingerprint density at radius 2 is 1.95 bits per heavy atom. The predicted octanol–water partition coefficient (Wildman–Crippen LogP) is 1.93. The number of H-pyrrole nitrogens is 1. The van der Waals surface area contributed by atoms with Crippen molar-refractivity contribution in [3.8, 4) is 11.3 Å². The van der Waals surface area contributed by atoms with Crippen LogP contribution in [0.15, 0.2) is 24.3 Å². The molecule has 1 aromatic carbocycles. The van der Waals surface area contributed by atoms with Gasteiger partial charge < -0.3 is 10.2 Å². The van der Waals surface area contributed by atoms with E-state index in [1.165, 1.54) is 6.07 Å². The lowest BCUT2D eigenvalue weighted by atomic mass is 10.1. The maximum Gasteiger partial charge on any atom is 0.154 e. The number of aromatic amines is 1. The highest BCUT2D eigenvalue weighted by atomic mass is 19.1. The lowest BCUT2D eigenvalue weighted by Gasteiger charge is -2.27. The normalized spacial score (nSPS) is 15.8. The molecule has 0 atom stereocenters. The van der Waals surface area contributed by atoms with E-state index in [2.05, 4.69) is 20.4 Å². The summed E-state index contributed by atoms with van der Waals surface area (Å²) in [6, 6.07) is 6.78. The van der Waals surface area contributed by atoms with Crippen molar-refractivity contribution < 1.29 is 4.39 Å². The fourth-order valence-corrected chi connectivity index (χ4v) is 2.50. The van der Waals surface area contributed by atoms with Crippen molar-refractivity contribution in [2.75, 3.05) is 31.1 Å². The number of aromatic nitrogens is 2. The van der Waals surface area contributed by atoms with Gasteiger partial charge in [0.25, 0.3) is 0 Å². The maximum atomic E-state index is 13.8. The number of nitrogens with zero attached hydrogens (tertiary/aromatic N) is 2. The first kappa shape index (κ1) is 12.2. The van der Waals surface area contributed by atoms with Gasteiger partial charge in [-0.05, 0) is 19.1 Å². The van der Waals surface area contributed by atoms with E-state index in [-0.39, 0.29) is 5.82 Å². The number of halogens is 1. The summed E-state index contributed by atoms with van der Waals surface area (Å²) in [5, 5.41) is 10.7. The molecule has 0 saturated carbocycles. The highest BCUT2D eigenvalue weighted by Gasteiger charge is 2.19. The van der Waals surface area contributed by atoms with Gasteiger partial charge in [0, 0.05) is 37.3 Å². The summed E-state index contributed by atoms with van der Waals surface area (Å²) < 4.78 is 13.8. The van der Waals surface area contributed by atoms with E-state index < -0.39 is 0 Å². The molecular weight excluding hydrogens is 243 g/mol. The molecule has 1 aromatic heterocycles. The Kier molecular flexibility index (Phi) is 3.21. The molecule has 0 aliphatic carbocycles. The number of rotatable bonds is 2. The van der Waals surface area contributed by atoms with Crippen LogP contribution in [0.1, 0.15) is 5.56 Å². The Morgan fingerprint density at radius 3 is 2.68 bits per heavy atom. The smallest absolute Gasteiger partial charge is 0.154 e. The Balaban J connectivity index is 1.97. The molecule has 2 N–H and O–H groups in total. The average molecular weight is 260 g/mol. The van der Waals surface area contributed by atoms with Crippen LogP contribution in [0.5, 0.6) is 0 Å². The highest BCUT2D eigenvalue weighted by molar-refractivity contribution is 5.69. The Morgan fingerprint density at radius 1 is 1.21 bits per heavy atom. The van der Waals surface area contributed by atoms with Gasteiger partial charge in [-0.1, -0.05) is 12.1 Å². The van der Waals surface area contributed by atoms with E-state index in [1.807, 2.05) is 13.0 Å². The molecule has 1 aliphatic rings. The first-order valence-electron chi connectivity index (χ1n) is 6.53. The summed E-state index contributed by atoms with van der Waals surface area (Å²) in [4.78, 5) is 2.23. The molecule has 0 radical (unpaired) electrons. The van der Waals surface area contributed by atoms with Gasteiger partial charge in [0.1, 0.15) is 5.82 Å². The topological polar surface area (TPSA) is 44.0 Å². The monoisotopic (exact) mass is 260 g/mol. The molecule has 5 heteroatoms. The standard InChI is InChI=1S/C14H17FN4/c1-10-13(11-4-2-3-5-12(11)15)17-18-14(10)19-8-6-16-7-9-19/h2-5,16H,6-9H2,1H3,(H,17,18). The summed E-state index contributed by atoms with van der Waals surface area (Å²) in [7, 11) is 0. The van der Waals surface area contributed by atoms with Crippen molar-refractivity contribution in [1.29, 1.82) is 0 Å². The van der Waals surface area contributed by atoms with Gasteiger partial charge in [0.05, 0.1) is 5.69 Å². The largest absolute Gasteiger partial charge is 0.352 e. The molecule has 1 saturated heterocycles. The molecule has 19 heavy (non-hydrogen) atoms. The zero-order chi connectivity index (χ0) is 13.2. The van der Waals surface area contributed by atoms with Crippen molar-refractivity contribution in [1.82, 2.24) is 15.5 Å². The van der Waals surface area contributed by atoms with E-state index in [4.69, 9.17) is 0 Å². The molecule has 1 fully saturated rings. The van der Waals surface area contributed by atoms with Crippen LogP contribution >= 0.6 is 0 Å². The van der Waals surface area contributed by atoms with E-state index in [0.29, 0.717) is 5.56 Å². The molecule has 2 heterocycles. The highest BCUT2D eigenvalue weighted by Crippen LogP contribution is 2.29. The summed E-state index contributed by atoms with van der Waals surface area (Å²) in [6.45, 7) is 5.77. The molecule has 1 aliphatic heterocycles. The third-order valence-electron chi connectivity index (χ3n) is 3.54. The number of piperazine rings is 1. The quantitative estimate of drug-likeness (QED) is 0.867. The van der Waals surface area contributed by atoms with Gasteiger partial charge in [-0.25, -0.2) is 4.39 Å². The minimum Gasteiger partial charge on any atom is -0.352 e. The van der Waals surface area contributed by atoms with Gasteiger partial charge in [0.2, 0.25) is 0 Å². The average Bonchev–Trinajstić information content (AvgIpc) is 2.82. The SMILES string of the molecule is Cc1c(N2CCNCC2)n[nH]c1-c1ccccc1F. The van der Waals surface area contributed by atoms with Crippen molar-refractivity contribution in [2.24, 2.45) is 0 Å². The first-order chi connectivity index (χ1) is 9.27. The number of hydrogen-bond acceptors (Lipinski definition) is 3. The molecule has 2 aromatic rings. The molecule has 100 valence electrons. The van der Waals surface area contributed by atoms with Crippen LogP contribution in [0.25, 0.3) is 11.3 Å². The molecule has 0 bridgehead atoms. The summed E-state index contributed by atoms with van der Waals surface area (Å²) >= 11 is 0. The molecular formula is C14H17FN4. The van der Waals surface area contributed by atoms with Crippen LogP contribution in [-0.2, 0) is 0 Å². The third kappa shape index (κ3) is 2.21. The second-order valence-electron chi connectivity index (χ2n) is 4.76. The second-order valence-corrected chi connectivity index (χ2v) is 4.76. The Labute approximate surface area is 111 Å². The van der Waals surface area contributed by atoms with Gasteiger partial charge in [0.15, 0.2) is 5.82 Å². The van der Waals surface area contributed by atoms with Crippen LogP contribution in [0.3, 0.4) is 0 Å². The van der Waals surface area contributed by atoms with Crippen molar-refractivity contribution in [2.45, 2.75) is 6.92 Å². The van der Waals surface area contributed by atoms with Crippen molar-refractivity contribution >= 4 is 5.82 Å². The summed E-state index contributed by atoms with van der Waals surface area (Å²) in [5.41, 5.74) is 2.35. The van der Waals surface area contributed by atoms with Crippen LogP contribution in [0.4, 0.5) is 10.2 Å². The van der Waals surface area contributed by atoms with Gasteiger partial charge >= 0.3 is 0 Å². The number of hydrogen-bond donors (Lipinski definition) is 2. The molecule has 3 rings (SSSR count). The minimum absolute atomic E-state index is 0.221. The number of nitrogens with one attached hydrogen (secondary N) is 2. The molecule has 0 spiro atoms.